The van der Waals surface area contributed by atoms with Crippen molar-refractivity contribution in [1.82, 2.24) is 9.97 Å². The maximum Gasteiger partial charge on any atom is 0.303 e. The van der Waals surface area contributed by atoms with Crippen LogP contribution in [0.1, 0.15) is 18.4 Å². The van der Waals surface area contributed by atoms with Gasteiger partial charge in [-0.05, 0) is 18.1 Å². The number of aliphatic carboxylic acids is 1. The molecule has 0 saturated heterocycles. The lowest BCUT2D eigenvalue weighted by atomic mass is 10.0. The van der Waals surface area contributed by atoms with Crippen LogP contribution in [0.5, 0.6) is 17.5 Å². The molecule has 1 heterocycles. The molecule has 22 heavy (non-hydrogen) atoms. The van der Waals surface area contributed by atoms with E-state index in [-0.39, 0.29) is 6.42 Å². The van der Waals surface area contributed by atoms with Crippen molar-refractivity contribution in [2.75, 3.05) is 7.11 Å². The first-order chi connectivity index (χ1) is 10.6. The number of allylic oxidation sites excluding steroid dienone is 1. The molecular formula is C16H16N2O4. The zero-order valence-electron chi connectivity index (χ0n) is 12.2. The van der Waals surface area contributed by atoms with Gasteiger partial charge >= 0.3 is 5.97 Å². The Morgan fingerprint density at radius 3 is 2.68 bits per heavy atom. The van der Waals surface area contributed by atoms with Crippen LogP contribution in [0.15, 0.2) is 43.2 Å². The average molecular weight is 300 g/mol. The highest BCUT2D eigenvalue weighted by Gasteiger charge is 2.10. The molecule has 0 aliphatic carbocycles. The summed E-state index contributed by atoms with van der Waals surface area (Å²) in [4.78, 5) is 18.6. The van der Waals surface area contributed by atoms with Crippen molar-refractivity contribution in [2.24, 2.45) is 0 Å². The molecule has 2 rings (SSSR count). The third-order valence-corrected chi connectivity index (χ3v) is 2.95. The van der Waals surface area contributed by atoms with Gasteiger partial charge in [0.1, 0.15) is 12.1 Å². The van der Waals surface area contributed by atoms with E-state index in [0.717, 1.165) is 5.56 Å². The van der Waals surface area contributed by atoms with Gasteiger partial charge in [0.05, 0.1) is 13.2 Å². The second kappa shape index (κ2) is 7.21. The van der Waals surface area contributed by atoms with Crippen LogP contribution < -0.4 is 9.47 Å². The zero-order chi connectivity index (χ0) is 15.9. The Labute approximate surface area is 128 Å². The van der Waals surface area contributed by atoms with Crippen molar-refractivity contribution in [3.8, 4) is 17.5 Å². The third kappa shape index (κ3) is 4.05. The van der Waals surface area contributed by atoms with E-state index in [1.165, 1.54) is 13.4 Å². The molecule has 114 valence electrons. The van der Waals surface area contributed by atoms with Crippen molar-refractivity contribution in [3.05, 3.63) is 48.8 Å². The molecule has 0 amide bonds. The Kier molecular flexibility index (Phi) is 5.08. The van der Waals surface area contributed by atoms with Crippen molar-refractivity contribution >= 4 is 11.5 Å². The highest BCUT2D eigenvalue weighted by atomic mass is 16.5. The van der Waals surface area contributed by atoms with Gasteiger partial charge in [-0.25, -0.2) is 9.97 Å². The number of nitrogens with zero attached hydrogens (tertiary/aromatic N) is 2. The number of hydrogen-bond acceptors (Lipinski definition) is 5. The SMILES string of the molecule is C=C(CCC(=O)O)c1ccccc1Oc1cc(OC)ncn1. The molecule has 6 nitrogen and oxygen atoms in total. The zero-order valence-corrected chi connectivity index (χ0v) is 12.2. The molecule has 6 heteroatoms. The number of methoxy groups -OCH3 is 1. The van der Waals surface area contributed by atoms with E-state index >= 15 is 0 Å². The fourth-order valence-corrected chi connectivity index (χ4v) is 1.84. The molecule has 0 spiro atoms. The van der Waals surface area contributed by atoms with E-state index in [4.69, 9.17) is 14.6 Å². The highest BCUT2D eigenvalue weighted by Crippen LogP contribution is 2.31. The lowest BCUT2D eigenvalue weighted by molar-refractivity contribution is -0.136. The fourth-order valence-electron chi connectivity index (χ4n) is 1.84. The molecule has 0 radical (unpaired) electrons. The molecule has 0 aliphatic heterocycles. The van der Waals surface area contributed by atoms with Gasteiger partial charge in [0.25, 0.3) is 0 Å². The minimum Gasteiger partial charge on any atom is -0.481 e. The van der Waals surface area contributed by atoms with Crippen molar-refractivity contribution < 1.29 is 19.4 Å². The summed E-state index contributed by atoms with van der Waals surface area (Å²) < 4.78 is 10.8. The van der Waals surface area contributed by atoms with Crippen molar-refractivity contribution in [1.29, 1.82) is 0 Å². The predicted octanol–water partition coefficient (Wildman–Crippen LogP) is 3.16. The third-order valence-electron chi connectivity index (χ3n) is 2.95. The molecule has 0 saturated carbocycles. The minimum absolute atomic E-state index is 0.0223. The maximum absolute atomic E-state index is 10.7. The van der Waals surface area contributed by atoms with Gasteiger partial charge in [-0.15, -0.1) is 0 Å². The van der Waals surface area contributed by atoms with Crippen LogP contribution in [0.2, 0.25) is 0 Å². The second-order valence-corrected chi connectivity index (χ2v) is 4.49. The quantitative estimate of drug-likeness (QED) is 0.846. The van der Waals surface area contributed by atoms with Gasteiger partial charge in [0.2, 0.25) is 11.8 Å². The van der Waals surface area contributed by atoms with Crippen LogP contribution in [0, 0.1) is 0 Å². The molecule has 1 N–H and O–H groups in total. The Hall–Kier alpha value is -2.89. The molecule has 2 aromatic rings. The van der Waals surface area contributed by atoms with E-state index in [2.05, 4.69) is 16.5 Å². The van der Waals surface area contributed by atoms with Crippen LogP contribution in [0.3, 0.4) is 0 Å². The smallest absolute Gasteiger partial charge is 0.303 e. The molecular weight excluding hydrogens is 284 g/mol. The van der Waals surface area contributed by atoms with Crippen LogP contribution in [0.25, 0.3) is 5.57 Å². The molecule has 1 aromatic carbocycles. The summed E-state index contributed by atoms with van der Waals surface area (Å²) >= 11 is 0. The molecule has 0 aliphatic rings. The first kappa shape index (κ1) is 15.5. The van der Waals surface area contributed by atoms with Gasteiger partial charge in [-0.1, -0.05) is 24.8 Å². The normalized spacial score (nSPS) is 10.0. The largest absolute Gasteiger partial charge is 0.481 e. The van der Waals surface area contributed by atoms with E-state index in [9.17, 15) is 4.79 Å². The van der Waals surface area contributed by atoms with Crippen LogP contribution in [0.4, 0.5) is 0 Å². The number of carbonyl (C=O) groups is 1. The number of aromatic nitrogens is 2. The summed E-state index contributed by atoms with van der Waals surface area (Å²) in [5.41, 5.74) is 1.44. The molecule has 1 aromatic heterocycles. The second-order valence-electron chi connectivity index (χ2n) is 4.49. The number of rotatable bonds is 7. The topological polar surface area (TPSA) is 81.5 Å². The van der Waals surface area contributed by atoms with Crippen molar-refractivity contribution in [3.63, 3.8) is 0 Å². The number of hydrogen-bond donors (Lipinski definition) is 1. The number of para-hydroxylation sites is 1. The Morgan fingerprint density at radius 2 is 1.95 bits per heavy atom. The first-order valence-electron chi connectivity index (χ1n) is 6.63. The summed E-state index contributed by atoms with van der Waals surface area (Å²) in [6.45, 7) is 3.93. The lowest BCUT2D eigenvalue weighted by Crippen LogP contribution is -1.97. The Morgan fingerprint density at radius 1 is 1.23 bits per heavy atom. The van der Waals surface area contributed by atoms with E-state index in [1.807, 2.05) is 18.2 Å². The monoisotopic (exact) mass is 300 g/mol. The fraction of sp³-hybridized carbons (Fsp3) is 0.188. The molecule has 0 fully saturated rings. The van der Waals surface area contributed by atoms with Crippen LogP contribution in [-0.4, -0.2) is 28.2 Å². The number of ether oxygens (including phenoxy) is 2. The van der Waals surface area contributed by atoms with E-state index < -0.39 is 5.97 Å². The summed E-state index contributed by atoms with van der Waals surface area (Å²) in [5, 5.41) is 8.77. The minimum atomic E-state index is -0.861. The number of carboxylic acids is 1. The predicted molar refractivity (Wildman–Crippen MR) is 81.0 cm³/mol. The summed E-state index contributed by atoms with van der Waals surface area (Å²) in [6, 6.07) is 8.83. The van der Waals surface area contributed by atoms with E-state index in [1.54, 1.807) is 12.1 Å². The Balaban J connectivity index is 2.20. The number of carboxylic acid groups (broad SMARTS) is 1. The summed E-state index contributed by atoms with van der Waals surface area (Å²) in [5.74, 6) is 0.427. The molecule has 0 bridgehead atoms. The molecule has 0 atom stereocenters. The van der Waals surface area contributed by atoms with E-state index in [0.29, 0.717) is 29.5 Å². The van der Waals surface area contributed by atoms with Crippen LogP contribution in [-0.2, 0) is 4.79 Å². The van der Waals surface area contributed by atoms with Crippen molar-refractivity contribution in [2.45, 2.75) is 12.8 Å². The summed E-state index contributed by atoms with van der Waals surface area (Å²) in [6.07, 6.45) is 1.72. The highest BCUT2D eigenvalue weighted by molar-refractivity contribution is 5.74. The maximum atomic E-state index is 10.7. The lowest BCUT2D eigenvalue weighted by Gasteiger charge is -2.12. The number of benzene rings is 1. The average Bonchev–Trinajstić information content (AvgIpc) is 2.53. The van der Waals surface area contributed by atoms with Gasteiger partial charge in [0, 0.05) is 12.0 Å². The van der Waals surface area contributed by atoms with Gasteiger partial charge in [-0.2, -0.15) is 0 Å². The van der Waals surface area contributed by atoms with Gasteiger partial charge in [-0.3, -0.25) is 4.79 Å². The molecule has 0 unspecified atom stereocenters. The van der Waals surface area contributed by atoms with Crippen LogP contribution >= 0.6 is 0 Å². The Bertz CT molecular complexity index is 685. The van der Waals surface area contributed by atoms with Gasteiger partial charge < -0.3 is 14.6 Å². The van der Waals surface area contributed by atoms with Gasteiger partial charge in [0.15, 0.2) is 0 Å². The standard InChI is InChI=1S/C16H16N2O4/c1-11(7-8-16(19)20)12-5-3-4-6-13(12)22-15-9-14(21-2)17-10-18-15/h3-6,9-10H,1,7-8H2,2H3,(H,19,20). The summed E-state index contributed by atoms with van der Waals surface area (Å²) in [7, 11) is 1.51. The first-order valence-corrected chi connectivity index (χ1v) is 6.63.